The molecular formula is C106H93BN4. The maximum atomic E-state index is 9.77. The van der Waals surface area contributed by atoms with Gasteiger partial charge in [0.05, 0.1) is 29.3 Å². The van der Waals surface area contributed by atoms with E-state index in [0.717, 1.165) is 156 Å². The number of nitrogens with zero attached hydrogens (tertiary/aromatic N) is 4. The standard InChI is InChI=1S/C106H93BN4/c1-103(2,3)78-58-76(59-79(63-78)104(4,5)6)77-61-98-100-99(62-77)111(102-89(73-42-26-16-27-43-73)66-81(106(10,11)12)67-90(102)74-44-28-17-29-45-74)97-69-85(109-94-51-35-34-50-86(94)91-68-84(54-57-95(91)109)108(82-46-30-18-31-47-82)83-48-32-19-33-49-83)53-56-93(97)107(100)92-55-52-75(70-36-20-13-21-37-70)60-96(92)110(98)101-87(71-38-22-14-23-39-71)64-80(105(7,8)9)65-88(101)72-40-24-15-25-41-72/h13-69H,1-12H3/i13D,20D,21D,36D,37D. The molecule has 3 heterocycles. The summed E-state index contributed by atoms with van der Waals surface area (Å²) in [4.78, 5) is 7.51. The number of benzene rings is 15. The normalized spacial score (nSPS) is 13.4. The third-order valence-corrected chi connectivity index (χ3v) is 22.8. The van der Waals surface area contributed by atoms with E-state index < -0.39 is 12.8 Å². The van der Waals surface area contributed by atoms with Gasteiger partial charge in [0, 0.05) is 78.5 Å². The molecule has 16 aromatic rings. The highest BCUT2D eigenvalue weighted by Gasteiger charge is 2.46. The lowest BCUT2D eigenvalue weighted by molar-refractivity contribution is 0.569. The highest BCUT2D eigenvalue weighted by Crippen LogP contribution is 2.56. The van der Waals surface area contributed by atoms with Crippen molar-refractivity contribution in [3.05, 3.63) is 368 Å². The van der Waals surface area contributed by atoms with Gasteiger partial charge in [0.15, 0.2) is 0 Å². The van der Waals surface area contributed by atoms with Crippen LogP contribution in [-0.2, 0) is 21.7 Å². The second-order valence-corrected chi connectivity index (χ2v) is 34.2. The largest absolute Gasteiger partial charge is 0.310 e. The van der Waals surface area contributed by atoms with Crippen LogP contribution in [0.25, 0.3) is 94.3 Å². The quantitative estimate of drug-likeness (QED) is 0.113. The van der Waals surface area contributed by atoms with Crippen LogP contribution >= 0.6 is 0 Å². The topological polar surface area (TPSA) is 14.7 Å². The molecule has 2 aliphatic rings. The van der Waals surface area contributed by atoms with Crippen LogP contribution in [0.5, 0.6) is 0 Å². The van der Waals surface area contributed by atoms with Crippen LogP contribution in [0.3, 0.4) is 0 Å². The number of hydrogen-bond donors (Lipinski definition) is 0. The zero-order valence-electron chi connectivity index (χ0n) is 70.4. The van der Waals surface area contributed by atoms with Crippen molar-refractivity contribution in [3.8, 4) is 72.4 Å². The molecule has 18 rings (SSSR count). The fourth-order valence-electron chi connectivity index (χ4n) is 16.9. The van der Waals surface area contributed by atoms with Crippen molar-refractivity contribution in [2.24, 2.45) is 0 Å². The Morgan fingerprint density at radius 2 is 0.658 bits per heavy atom. The monoisotopic (exact) mass is 1440 g/mol. The number of hydrogen-bond acceptors (Lipinski definition) is 3. The average molecular weight is 1440 g/mol. The molecule has 0 N–H and O–H groups in total. The zero-order valence-corrected chi connectivity index (χ0v) is 65.4. The number of para-hydroxylation sites is 3. The predicted molar refractivity (Wildman–Crippen MR) is 477 cm³/mol. The van der Waals surface area contributed by atoms with Crippen LogP contribution in [0.15, 0.2) is 346 Å². The third-order valence-electron chi connectivity index (χ3n) is 22.8. The van der Waals surface area contributed by atoms with Crippen molar-refractivity contribution in [2.45, 2.75) is 105 Å². The molecule has 2 aliphatic heterocycles. The van der Waals surface area contributed by atoms with E-state index in [1.54, 1.807) is 0 Å². The van der Waals surface area contributed by atoms with Crippen LogP contribution in [0.4, 0.5) is 51.2 Å². The van der Waals surface area contributed by atoms with E-state index in [-0.39, 0.29) is 51.4 Å². The average Bonchev–Trinajstić information content (AvgIpc) is 0.792. The van der Waals surface area contributed by atoms with Crippen molar-refractivity contribution >= 4 is 96.1 Å². The fourth-order valence-corrected chi connectivity index (χ4v) is 16.9. The van der Waals surface area contributed by atoms with Crippen LogP contribution in [0, 0.1) is 0 Å². The number of aromatic nitrogens is 1. The Hall–Kier alpha value is -12.4. The lowest BCUT2D eigenvalue weighted by Gasteiger charge is -2.46. The molecule has 0 spiro atoms. The zero-order chi connectivity index (χ0) is 80.6. The Kier molecular flexibility index (Phi) is 15.9. The van der Waals surface area contributed by atoms with Gasteiger partial charge in [-0.15, -0.1) is 0 Å². The second-order valence-electron chi connectivity index (χ2n) is 34.2. The Bertz CT molecular complexity index is 6330. The van der Waals surface area contributed by atoms with E-state index in [1.165, 1.54) is 16.7 Å². The SMILES string of the molecule is [2H]c1c([2H])c([2H])c(-c2ccc3c(c2)N(c2c(-c4ccccc4)cc(C(C)(C)C)cc2-c2ccccc2)c2cc(-c4cc(C(C)(C)C)cc(C(C)(C)C)c4)cc4c2B3c2ccc(-n3c5ccccc5c5cc(N(c6ccccc6)c6ccccc6)ccc53)cc2N4c2c(-c3ccccc3)cc(C(C)(C)C)cc2-c2ccccc2)c([2H])c1[2H]. The summed E-state index contributed by atoms with van der Waals surface area (Å²) >= 11 is 0. The maximum absolute atomic E-state index is 9.77. The summed E-state index contributed by atoms with van der Waals surface area (Å²) in [7, 11) is 0. The molecule has 111 heavy (non-hydrogen) atoms. The van der Waals surface area contributed by atoms with Crippen molar-refractivity contribution in [3.63, 3.8) is 0 Å². The molecule has 0 saturated carbocycles. The van der Waals surface area contributed by atoms with Gasteiger partial charge >= 0.3 is 0 Å². The van der Waals surface area contributed by atoms with E-state index in [1.807, 2.05) is 6.07 Å². The smallest absolute Gasteiger partial charge is 0.252 e. The van der Waals surface area contributed by atoms with Gasteiger partial charge in [-0.1, -0.05) is 326 Å². The van der Waals surface area contributed by atoms with Gasteiger partial charge in [-0.25, -0.2) is 0 Å². The molecule has 5 heteroatoms. The van der Waals surface area contributed by atoms with Crippen LogP contribution in [0.2, 0.25) is 0 Å². The second kappa shape index (κ2) is 27.3. The van der Waals surface area contributed by atoms with Gasteiger partial charge in [0.25, 0.3) is 6.71 Å². The summed E-state index contributed by atoms with van der Waals surface area (Å²) in [5.41, 5.74) is 29.9. The summed E-state index contributed by atoms with van der Waals surface area (Å²) in [5, 5.41) is 2.24. The minimum Gasteiger partial charge on any atom is -0.310 e. The molecule has 1 aromatic heterocycles. The van der Waals surface area contributed by atoms with E-state index in [9.17, 15) is 5.48 Å². The van der Waals surface area contributed by atoms with Gasteiger partial charge in [0.2, 0.25) is 0 Å². The van der Waals surface area contributed by atoms with E-state index in [0.29, 0.717) is 5.56 Å². The molecule has 0 radical (unpaired) electrons. The van der Waals surface area contributed by atoms with Crippen molar-refractivity contribution in [2.75, 3.05) is 14.7 Å². The van der Waals surface area contributed by atoms with Crippen molar-refractivity contribution < 1.29 is 6.85 Å². The highest BCUT2D eigenvalue weighted by molar-refractivity contribution is 7.00. The van der Waals surface area contributed by atoms with E-state index in [2.05, 4.69) is 412 Å². The maximum Gasteiger partial charge on any atom is 0.252 e. The summed E-state index contributed by atoms with van der Waals surface area (Å²) in [6, 6.07) is 114. The third kappa shape index (κ3) is 12.6. The number of rotatable bonds is 12. The molecule has 540 valence electrons. The van der Waals surface area contributed by atoms with E-state index in [4.69, 9.17) is 1.37 Å². The van der Waals surface area contributed by atoms with Gasteiger partial charge < -0.3 is 19.3 Å². The van der Waals surface area contributed by atoms with Gasteiger partial charge in [0.1, 0.15) is 0 Å². The van der Waals surface area contributed by atoms with Gasteiger partial charge in [-0.3, -0.25) is 0 Å². The highest BCUT2D eigenvalue weighted by atomic mass is 15.2. The molecular weight excluding hydrogens is 1340 g/mol. The van der Waals surface area contributed by atoms with E-state index >= 15 is 0 Å². The van der Waals surface area contributed by atoms with Crippen LogP contribution < -0.4 is 31.1 Å². The summed E-state index contributed by atoms with van der Waals surface area (Å²) < 4.78 is 49.4. The van der Waals surface area contributed by atoms with Crippen molar-refractivity contribution in [1.29, 1.82) is 0 Å². The Morgan fingerprint density at radius 1 is 0.279 bits per heavy atom. The number of anilines is 9. The first-order chi connectivity index (χ1) is 55.7. The molecule has 15 aromatic carbocycles. The Morgan fingerprint density at radius 3 is 1.11 bits per heavy atom. The van der Waals surface area contributed by atoms with Gasteiger partial charge in [-0.05, 0) is 208 Å². The molecule has 0 fully saturated rings. The summed E-state index contributed by atoms with van der Waals surface area (Å²) in [6.07, 6.45) is 0. The lowest BCUT2D eigenvalue weighted by atomic mass is 9.33. The number of fused-ring (bicyclic) bond motifs is 7. The fraction of sp³-hybridized carbons (Fsp3) is 0.151. The van der Waals surface area contributed by atoms with Crippen LogP contribution in [0.1, 0.15) is 112 Å². The molecule has 0 aliphatic carbocycles. The first-order valence-corrected chi connectivity index (χ1v) is 39.0. The summed E-state index contributed by atoms with van der Waals surface area (Å²) in [6.45, 7) is 27.3. The minimum absolute atomic E-state index is 0.133. The molecule has 0 bridgehead atoms. The molecule has 0 amide bonds. The Labute approximate surface area is 663 Å². The minimum atomic E-state index is -0.480. The molecule has 4 nitrogen and oxygen atoms in total. The van der Waals surface area contributed by atoms with Gasteiger partial charge in [-0.2, -0.15) is 0 Å². The van der Waals surface area contributed by atoms with Crippen LogP contribution in [-0.4, -0.2) is 11.3 Å². The molecule has 0 unspecified atom stereocenters. The predicted octanol–water partition coefficient (Wildman–Crippen LogP) is 27.5. The molecule has 0 saturated heterocycles. The summed E-state index contributed by atoms with van der Waals surface area (Å²) in [5.74, 6) is 0. The van der Waals surface area contributed by atoms with Crippen molar-refractivity contribution in [1.82, 2.24) is 4.57 Å². The first kappa shape index (κ1) is 64.5. The Balaban J connectivity index is 1.04. The first-order valence-electron chi connectivity index (χ1n) is 41.5. The lowest BCUT2D eigenvalue weighted by Crippen LogP contribution is -2.61. The molecule has 0 atom stereocenters.